The van der Waals surface area contributed by atoms with Crippen LogP contribution in [0, 0.1) is 0 Å². The fraction of sp³-hybridized carbons (Fsp3) is 0.667. The molecule has 1 saturated heterocycles. The highest BCUT2D eigenvalue weighted by Gasteiger charge is 2.25. The summed E-state index contributed by atoms with van der Waals surface area (Å²) in [5.41, 5.74) is 0.0945. The van der Waals surface area contributed by atoms with Crippen molar-refractivity contribution in [3.05, 3.63) is 23.8 Å². The van der Waals surface area contributed by atoms with Crippen molar-refractivity contribution in [3.63, 3.8) is 0 Å². The SMILES string of the molecule is CN1CCC(c2ccnc(C(C)(C)O)n2)C1. The third-order valence-electron chi connectivity index (χ3n) is 3.03. The van der Waals surface area contributed by atoms with Gasteiger partial charge in [0.2, 0.25) is 0 Å². The highest BCUT2D eigenvalue weighted by molar-refractivity contribution is 5.13. The van der Waals surface area contributed by atoms with E-state index in [4.69, 9.17) is 0 Å². The van der Waals surface area contributed by atoms with E-state index in [1.807, 2.05) is 6.07 Å². The third-order valence-corrected chi connectivity index (χ3v) is 3.03. The van der Waals surface area contributed by atoms with Gasteiger partial charge in [0.25, 0.3) is 0 Å². The molecule has 0 aromatic carbocycles. The standard InChI is InChI=1S/C12H19N3O/c1-12(2,16)11-13-6-4-10(14-11)9-5-7-15(3)8-9/h4,6,9,16H,5,7-8H2,1-3H3. The molecule has 0 spiro atoms. The van der Waals surface area contributed by atoms with Gasteiger partial charge in [-0.05, 0) is 39.9 Å². The summed E-state index contributed by atoms with van der Waals surface area (Å²) in [7, 11) is 2.12. The van der Waals surface area contributed by atoms with Crippen LogP contribution in [0.15, 0.2) is 12.3 Å². The van der Waals surface area contributed by atoms with Crippen molar-refractivity contribution in [2.24, 2.45) is 0 Å². The highest BCUT2D eigenvalue weighted by atomic mass is 16.3. The molecule has 1 fully saturated rings. The molecule has 88 valence electrons. The summed E-state index contributed by atoms with van der Waals surface area (Å²) in [6.45, 7) is 5.59. The van der Waals surface area contributed by atoms with E-state index >= 15 is 0 Å². The summed E-state index contributed by atoms with van der Waals surface area (Å²) in [5.74, 6) is 0.994. The molecular weight excluding hydrogens is 202 g/mol. The molecule has 2 heterocycles. The Balaban J connectivity index is 2.23. The number of likely N-dealkylation sites (tertiary alicyclic amines) is 1. The second-order valence-corrected chi connectivity index (χ2v) is 5.11. The predicted molar refractivity (Wildman–Crippen MR) is 62.1 cm³/mol. The number of hydrogen-bond acceptors (Lipinski definition) is 4. The normalized spacial score (nSPS) is 22.6. The van der Waals surface area contributed by atoms with E-state index in [2.05, 4.69) is 21.9 Å². The van der Waals surface area contributed by atoms with E-state index in [1.165, 1.54) is 0 Å². The van der Waals surface area contributed by atoms with E-state index in [0.29, 0.717) is 11.7 Å². The average Bonchev–Trinajstić information content (AvgIpc) is 2.64. The minimum Gasteiger partial charge on any atom is -0.382 e. The van der Waals surface area contributed by atoms with E-state index in [-0.39, 0.29) is 0 Å². The summed E-state index contributed by atoms with van der Waals surface area (Å²) in [4.78, 5) is 10.9. The minimum atomic E-state index is -0.958. The van der Waals surface area contributed by atoms with Crippen LogP contribution in [0.1, 0.15) is 37.7 Å². The first kappa shape index (κ1) is 11.5. The van der Waals surface area contributed by atoms with Crippen LogP contribution in [0.25, 0.3) is 0 Å². The molecule has 0 saturated carbocycles. The van der Waals surface area contributed by atoms with Crippen molar-refractivity contribution < 1.29 is 5.11 Å². The maximum atomic E-state index is 9.87. The minimum absolute atomic E-state index is 0.481. The molecule has 0 bridgehead atoms. The molecule has 4 heteroatoms. The molecule has 0 amide bonds. The van der Waals surface area contributed by atoms with E-state index in [9.17, 15) is 5.11 Å². The zero-order chi connectivity index (χ0) is 11.8. The lowest BCUT2D eigenvalue weighted by Crippen LogP contribution is -2.21. The average molecular weight is 221 g/mol. The van der Waals surface area contributed by atoms with E-state index < -0.39 is 5.60 Å². The fourth-order valence-corrected chi connectivity index (χ4v) is 2.07. The lowest BCUT2D eigenvalue weighted by molar-refractivity contribution is 0.0683. The molecule has 1 aliphatic heterocycles. The van der Waals surface area contributed by atoms with E-state index in [1.54, 1.807) is 20.0 Å². The van der Waals surface area contributed by atoms with Crippen LogP contribution in [0.3, 0.4) is 0 Å². The molecule has 1 aliphatic rings. The van der Waals surface area contributed by atoms with Gasteiger partial charge in [0.15, 0.2) is 5.82 Å². The summed E-state index contributed by atoms with van der Waals surface area (Å²) < 4.78 is 0. The summed E-state index contributed by atoms with van der Waals surface area (Å²) in [5, 5.41) is 9.87. The zero-order valence-corrected chi connectivity index (χ0v) is 10.1. The Morgan fingerprint density at radius 2 is 2.25 bits per heavy atom. The van der Waals surface area contributed by atoms with Crippen LogP contribution in [0.2, 0.25) is 0 Å². The van der Waals surface area contributed by atoms with Crippen molar-refractivity contribution in [2.45, 2.75) is 31.8 Å². The molecule has 1 aromatic rings. The quantitative estimate of drug-likeness (QED) is 0.813. The molecule has 1 N–H and O–H groups in total. The monoisotopic (exact) mass is 221 g/mol. The van der Waals surface area contributed by atoms with Gasteiger partial charge >= 0.3 is 0 Å². The fourth-order valence-electron chi connectivity index (χ4n) is 2.07. The molecule has 0 aliphatic carbocycles. The molecule has 0 radical (unpaired) electrons. The second kappa shape index (κ2) is 4.11. The van der Waals surface area contributed by atoms with Gasteiger partial charge < -0.3 is 10.0 Å². The third kappa shape index (κ3) is 2.39. The summed E-state index contributed by atoms with van der Waals surface area (Å²) in [6.07, 6.45) is 2.88. The lowest BCUT2D eigenvalue weighted by Gasteiger charge is -2.17. The second-order valence-electron chi connectivity index (χ2n) is 5.11. The van der Waals surface area contributed by atoms with Gasteiger partial charge in [-0.2, -0.15) is 0 Å². The Labute approximate surface area is 96.3 Å². The van der Waals surface area contributed by atoms with E-state index in [0.717, 1.165) is 25.2 Å². The first-order chi connectivity index (χ1) is 7.47. The Morgan fingerprint density at radius 1 is 1.50 bits per heavy atom. The van der Waals surface area contributed by atoms with Gasteiger partial charge in [0.05, 0.1) is 0 Å². The number of likely N-dealkylation sites (N-methyl/N-ethyl adjacent to an activating group) is 1. The Hall–Kier alpha value is -1.00. The van der Waals surface area contributed by atoms with Crippen molar-refractivity contribution >= 4 is 0 Å². The molecule has 1 aromatic heterocycles. The Morgan fingerprint density at radius 3 is 2.81 bits per heavy atom. The maximum Gasteiger partial charge on any atom is 0.159 e. The van der Waals surface area contributed by atoms with Gasteiger partial charge in [-0.3, -0.25) is 0 Å². The molecule has 16 heavy (non-hydrogen) atoms. The molecule has 4 nitrogen and oxygen atoms in total. The van der Waals surface area contributed by atoms with Crippen molar-refractivity contribution in [2.75, 3.05) is 20.1 Å². The van der Waals surface area contributed by atoms with Crippen LogP contribution in [-0.4, -0.2) is 40.1 Å². The van der Waals surface area contributed by atoms with Gasteiger partial charge in [-0.15, -0.1) is 0 Å². The van der Waals surface area contributed by atoms with Gasteiger partial charge in [-0.25, -0.2) is 9.97 Å². The number of nitrogens with zero attached hydrogens (tertiary/aromatic N) is 3. The smallest absolute Gasteiger partial charge is 0.159 e. The number of rotatable bonds is 2. The van der Waals surface area contributed by atoms with Gasteiger partial charge in [0.1, 0.15) is 5.60 Å². The van der Waals surface area contributed by atoms with Crippen LogP contribution in [0.5, 0.6) is 0 Å². The molecule has 2 rings (SSSR count). The van der Waals surface area contributed by atoms with Crippen molar-refractivity contribution in [1.82, 2.24) is 14.9 Å². The lowest BCUT2D eigenvalue weighted by atomic mass is 10.0. The number of aliphatic hydroxyl groups is 1. The summed E-state index contributed by atoms with van der Waals surface area (Å²) >= 11 is 0. The van der Waals surface area contributed by atoms with Crippen LogP contribution in [0.4, 0.5) is 0 Å². The van der Waals surface area contributed by atoms with Crippen molar-refractivity contribution in [3.8, 4) is 0 Å². The topological polar surface area (TPSA) is 49.2 Å². The highest BCUT2D eigenvalue weighted by Crippen LogP contribution is 2.25. The van der Waals surface area contributed by atoms with Gasteiger partial charge in [0, 0.05) is 24.4 Å². The maximum absolute atomic E-state index is 9.87. The largest absolute Gasteiger partial charge is 0.382 e. The van der Waals surface area contributed by atoms with Crippen LogP contribution < -0.4 is 0 Å². The number of aromatic nitrogens is 2. The molecule has 1 unspecified atom stereocenters. The first-order valence-electron chi connectivity index (χ1n) is 5.71. The molecular formula is C12H19N3O. The predicted octanol–water partition coefficient (Wildman–Crippen LogP) is 1.12. The first-order valence-corrected chi connectivity index (χ1v) is 5.71. The van der Waals surface area contributed by atoms with Gasteiger partial charge in [-0.1, -0.05) is 0 Å². The zero-order valence-electron chi connectivity index (χ0n) is 10.1. The summed E-state index contributed by atoms with van der Waals surface area (Å²) in [6, 6.07) is 1.96. The van der Waals surface area contributed by atoms with Crippen LogP contribution >= 0.6 is 0 Å². The van der Waals surface area contributed by atoms with Crippen LogP contribution in [-0.2, 0) is 5.60 Å². The molecule has 1 atom stereocenters. The Bertz CT molecular complexity index is 373. The number of hydrogen-bond donors (Lipinski definition) is 1. The van der Waals surface area contributed by atoms with Crippen molar-refractivity contribution in [1.29, 1.82) is 0 Å². The Kier molecular flexibility index (Phi) is 2.95.